The average Bonchev–Trinajstić information content (AvgIpc) is 3.06. The molecule has 0 saturated heterocycles. The average molecular weight is 343 g/mol. The summed E-state index contributed by atoms with van der Waals surface area (Å²) < 4.78 is 5.19. The minimum absolute atomic E-state index is 0.0816. The molecule has 24 heavy (non-hydrogen) atoms. The van der Waals surface area contributed by atoms with Crippen LogP contribution in [0.5, 0.6) is 5.75 Å². The van der Waals surface area contributed by atoms with Crippen LogP contribution in [0.2, 0.25) is 0 Å². The number of hydrogen-bond donors (Lipinski definition) is 0. The van der Waals surface area contributed by atoms with Crippen molar-refractivity contribution in [1.29, 1.82) is 0 Å². The van der Waals surface area contributed by atoms with Gasteiger partial charge in [0.1, 0.15) is 11.6 Å². The molecule has 1 aliphatic heterocycles. The van der Waals surface area contributed by atoms with E-state index in [9.17, 15) is 4.79 Å². The Balaban J connectivity index is 1.93. The van der Waals surface area contributed by atoms with Crippen LogP contribution in [0.4, 0.5) is 0 Å². The van der Waals surface area contributed by atoms with Crippen LogP contribution in [0.15, 0.2) is 53.6 Å². The SMILES string of the molecule is COc1ccc(C2=NN(C(=O)CCl)[C@@H](c3cccc(C)c3)C2)cc1. The molecule has 0 saturated carbocycles. The molecular formula is C19H19ClN2O2. The third kappa shape index (κ3) is 3.29. The summed E-state index contributed by atoms with van der Waals surface area (Å²) >= 11 is 5.77. The second-order valence-electron chi connectivity index (χ2n) is 5.78. The highest BCUT2D eigenvalue weighted by molar-refractivity contribution is 6.27. The number of methoxy groups -OCH3 is 1. The lowest BCUT2D eigenvalue weighted by atomic mass is 9.97. The van der Waals surface area contributed by atoms with Gasteiger partial charge in [0, 0.05) is 6.42 Å². The lowest BCUT2D eigenvalue weighted by Crippen LogP contribution is -2.28. The Kier molecular flexibility index (Phi) is 4.86. The highest BCUT2D eigenvalue weighted by atomic mass is 35.5. The molecule has 5 heteroatoms. The molecule has 0 aromatic heterocycles. The van der Waals surface area contributed by atoms with E-state index < -0.39 is 0 Å². The first-order valence-electron chi connectivity index (χ1n) is 7.79. The summed E-state index contributed by atoms with van der Waals surface area (Å²) in [5.41, 5.74) is 4.09. The number of nitrogens with zero attached hydrogens (tertiary/aromatic N) is 2. The molecule has 0 bridgehead atoms. The summed E-state index contributed by atoms with van der Waals surface area (Å²) in [6.07, 6.45) is 0.665. The van der Waals surface area contributed by atoms with Crippen molar-refractivity contribution in [3.63, 3.8) is 0 Å². The molecule has 0 N–H and O–H groups in total. The van der Waals surface area contributed by atoms with Crippen LogP contribution in [0.1, 0.15) is 29.2 Å². The topological polar surface area (TPSA) is 41.9 Å². The van der Waals surface area contributed by atoms with Crippen molar-refractivity contribution >= 4 is 23.2 Å². The van der Waals surface area contributed by atoms with Gasteiger partial charge in [-0.3, -0.25) is 4.79 Å². The van der Waals surface area contributed by atoms with Crippen LogP contribution in [-0.4, -0.2) is 29.6 Å². The summed E-state index contributed by atoms with van der Waals surface area (Å²) in [6, 6.07) is 15.7. The highest BCUT2D eigenvalue weighted by Crippen LogP contribution is 2.33. The van der Waals surface area contributed by atoms with Crippen LogP contribution >= 0.6 is 11.6 Å². The molecule has 0 fully saturated rings. The van der Waals surface area contributed by atoms with Crippen LogP contribution < -0.4 is 4.74 Å². The molecule has 1 atom stereocenters. The largest absolute Gasteiger partial charge is 0.497 e. The zero-order valence-corrected chi connectivity index (χ0v) is 14.5. The van der Waals surface area contributed by atoms with Gasteiger partial charge < -0.3 is 4.74 Å². The van der Waals surface area contributed by atoms with Gasteiger partial charge in [-0.25, -0.2) is 5.01 Å². The molecule has 1 amide bonds. The van der Waals surface area contributed by atoms with Crippen LogP contribution in [0.3, 0.4) is 0 Å². The molecule has 2 aromatic rings. The number of halogens is 1. The number of benzene rings is 2. The van der Waals surface area contributed by atoms with E-state index in [0.29, 0.717) is 6.42 Å². The van der Waals surface area contributed by atoms with Gasteiger partial charge in [0.25, 0.3) is 5.91 Å². The predicted octanol–water partition coefficient (Wildman–Crippen LogP) is 3.92. The summed E-state index contributed by atoms with van der Waals surface area (Å²) in [7, 11) is 1.64. The zero-order chi connectivity index (χ0) is 17.1. The molecule has 0 aliphatic carbocycles. The van der Waals surface area contributed by atoms with E-state index in [-0.39, 0.29) is 17.8 Å². The van der Waals surface area contributed by atoms with E-state index in [1.165, 1.54) is 5.01 Å². The Morgan fingerprint density at radius 3 is 2.67 bits per heavy atom. The van der Waals surface area contributed by atoms with Gasteiger partial charge >= 0.3 is 0 Å². The van der Waals surface area contributed by atoms with Crippen molar-refractivity contribution in [2.24, 2.45) is 5.10 Å². The summed E-state index contributed by atoms with van der Waals surface area (Å²) in [5, 5.41) is 6.06. The van der Waals surface area contributed by atoms with E-state index in [1.54, 1.807) is 7.11 Å². The number of hydrogen-bond acceptors (Lipinski definition) is 3. The highest BCUT2D eigenvalue weighted by Gasteiger charge is 2.32. The van der Waals surface area contributed by atoms with Gasteiger partial charge in [-0.15, -0.1) is 11.6 Å². The predicted molar refractivity (Wildman–Crippen MR) is 95.6 cm³/mol. The lowest BCUT2D eigenvalue weighted by molar-refractivity contribution is -0.130. The van der Waals surface area contributed by atoms with E-state index in [1.807, 2.05) is 49.4 Å². The summed E-state index contributed by atoms with van der Waals surface area (Å²) in [6.45, 7) is 2.04. The normalized spacial score (nSPS) is 16.9. The second-order valence-corrected chi connectivity index (χ2v) is 6.05. The maximum Gasteiger partial charge on any atom is 0.258 e. The standard InChI is InChI=1S/C19H19ClN2O2/c1-13-4-3-5-15(10-13)18-11-17(21-22(18)19(23)12-20)14-6-8-16(24-2)9-7-14/h3-10,18H,11-12H2,1-2H3/t18-/m1/s1. The molecular weight excluding hydrogens is 324 g/mol. The molecule has 2 aromatic carbocycles. The molecule has 4 nitrogen and oxygen atoms in total. The van der Waals surface area contributed by atoms with Gasteiger partial charge in [0.05, 0.1) is 18.9 Å². The minimum Gasteiger partial charge on any atom is -0.497 e. The Bertz CT molecular complexity index is 771. The second kappa shape index (κ2) is 7.05. The van der Waals surface area contributed by atoms with Crippen LogP contribution in [0, 0.1) is 6.92 Å². The first-order valence-corrected chi connectivity index (χ1v) is 8.32. The number of ether oxygens (including phenoxy) is 1. The number of carbonyl (C=O) groups excluding carboxylic acids is 1. The fraction of sp³-hybridized carbons (Fsp3) is 0.263. The maximum absolute atomic E-state index is 12.2. The first-order chi connectivity index (χ1) is 11.6. The fourth-order valence-corrected chi connectivity index (χ4v) is 3.02. The van der Waals surface area contributed by atoms with Gasteiger partial charge in [-0.2, -0.15) is 5.10 Å². The van der Waals surface area contributed by atoms with E-state index >= 15 is 0 Å². The zero-order valence-electron chi connectivity index (χ0n) is 13.7. The number of rotatable bonds is 4. The van der Waals surface area contributed by atoms with Gasteiger partial charge in [0.2, 0.25) is 0 Å². The van der Waals surface area contributed by atoms with Crippen molar-refractivity contribution in [2.75, 3.05) is 13.0 Å². The first kappa shape index (κ1) is 16.5. The number of carbonyl (C=O) groups is 1. The molecule has 0 spiro atoms. The molecule has 1 heterocycles. The molecule has 0 unspecified atom stereocenters. The quantitative estimate of drug-likeness (QED) is 0.790. The molecule has 3 rings (SSSR count). The number of amides is 1. The van der Waals surface area contributed by atoms with Gasteiger partial charge in [0.15, 0.2) is 0 Å². The fourth-order valence-electron chi connectivity index (χ4n) is 2.90. The van der Waals surface area contributed by atoms with Gasteiger partial charge in [-0.1, -0.05) is 29.8 Å². The molecule has 124 valence electrons. The Morgan fingerprint density at radius 2 is 2.04 bits per heavy atom. The third-order valence-corrected chi connectivity index (χ3v) is 4.36. The number of alkyl halides is 1. The van der Waals surface area contributed by atoms with Crippen molar-refractivity contribution < 1.29 is 9.53 Å². The third-order valence-electron chi connectivity index (χ3n) is 4.13. The maximum atomic E-state index is 12.2. The Morgan fingerprint density at radius 1 is 1.29 bits per heavy atom. The van der Waals surface area contributed by atoms with Crippen LogP contribution in [-0.2, 0) is 4.79 Å². The Labute approximate surface area is 146 Å². The van der Waals surface area contributed by atoms with E-state index in [2.05, 4.69) is 11.2 Å². The minimum atomic E-state index is -0.188. The van der Waals surface area contributed by atoms with Gasteiger partial charge in [-0.05, 0) is 42.3 Å². The summed E-state index contributed by atoms with van der Waals surface area (Å²) in [4.78, 5) is 12.2. The summed E-state index contributed by atoms with van der Waals surface area (Å²) in [5.74, 6) is 0.523. The van der Waals surface area contributed by atoms with Crippen molar-refractivity contribution in [3.8, 4) is 5.75 Å². The Hall–Kier alpha value is -2.33. The van der Waals surface area contributed by atoms with Crippen molar-refractivity contribution in [1.82, 2.24) is 5.01 Å². The lowest BCUT2D eigenvalue weighted by Gasteiger charge is -2.21. The number of aryl methyl sites for hydroxylation is 1. The number of hydrazone groups is 1. The smallest absolute Gasteiger partial charge is 0.258 e. The van der Waals surface area contributed by atoms with Crippen molar-refractivity contribution in [3.05, 3.63) is 65.2 Å². The van der Waals surface area contributed by atoms with Crippen LogP contribution in [0.25, 0.3) is 0 Å². The van der Waals surface area contributed by atoms with Crippen molar-refractivity contribution in [2.45, 2.75) is 19.4 Å². The molecule has 0 radical (unpaired) electrons. The van der Waals surface area contributed by atoms with E-state index in [4.69, 9.17) is 16.3 Å². The molecule has 1 aliphatic rings. The van der Waals surface area contributed by atoms with E-state index in [0.717, 1.165) is 28.2 Å². The monoisotopic (exact) mass is 342 g/mol.